The number of carbonyl (C=O) groups excluding carboxylic acids is 1. The summed E-state index contributed by atoms with van der Waals surface area (Å²) < 4.78 is 41.9. The first-order chi connectivity index (χ1) is 17.3. The zero-order valence-corrected chi connectivity index (χ0v) is 21.9. The summed E-state index contributed by atoms with van der Waals surface area (Å²) in [6.45, 7) is 5.57. The quantitative estimate of drug-likeness (QED) is 0.264. The van der Waals surface area contributed by atoms with Crippen molar-refractivity contribution in [2.45, 2.75) is 70.2 Å². The number of H-pyrrole nitrogens is 1. The lowest BCUT2D eigenvalue weighted by Crippen LogP contribution is -2.46. The Kier molecular flexibility index (Phi) is 9.22. The van der Waals surface area contributed by atoms with Crippen LogP contribution < -0.4 is 20.9 Å². The highest BCUT2D eigenvalue weighted by molar-refractivity contribution is 7.33. The van der Waals surface area contributed by atoms with Gasteiger partial charge in [0, 0.05) is 12.3 Å². The van der Waals surface area contributed by atoms with Crippen LogP contribution in [0.3, 0.4) is 0 Å². The minimum absolute atomic E-state index is 0.0193. The molecule has 1 fully saturated rings. The Morgan fingerprint density at radius 2 is 2.00 bits per heavy atom. The Hall–Kier alpha value is -2.67. The Morgan fingerprint density at radius 1 is 1.32 bits per heavy atom. The van der Waals surface area contributed by atoms with Crippen LogP contribution in [0.1, 0.15) is 33.9 Å². The number of ether oxygens (including phenoxy) is 3. The summed E-state index contributed by atoms with van der Waals surface area (Å²) in [7, 11) is -2.99. The molecule has 1 aromatic carbocycles. The summed E-state index contributed by atoms with van der Waals surface area (Å²) in [5.74, 6) is -0.734. The molecule has 202 valence electrons. The summed E-state index contributed by atoms with van der Waals surface area (Å²) >= 11 is 6.14. The van der Waals surface area contributed by atoms with Gasteiger partial charge in [-0.1, -0.05) is 28.5 Å². The second-order valence-corrected chi connectivity index (χ2v) is 9.93. The molecular formula is C22H26ClFN3O9P. The van der Waals surface area contributed by atoms with Crippen LogP contribution in [-0.4, -0.2) is 56.9 Å². The number of aliphatic hydroxyl groups excluding tert-OH is 1. The average molecular weight is 562 g/mol. The van der Waals surface area contributed by atoms with Gasteiger partial charge in [-0.3, -0.25) is 14.3 Å². The van der Waals surface area contributed by atoms with Gasteiger partial charge < -0.3 is 24.2 Å². The number of aliphatic hydroxyl groups is 1. The molecular weight excluding hydrogens is 536 g/mol. The van der Waals surface area contributed by atoms with E-state index in [0.717, 1.165) is 23.8 Å². The van der Waals surface area contributed by atoms with E-state index in [9.17, 15) is 24.4 Å². The summed E-state index contributed by atoms with van der Waals surface area (Å²) in [6, 6.07) is 5.89. The van der Waals surface area contributed by atoms with Gasteiger partial charge in [-0.15, -0.1) is 4.52 Å². The average Bonchev–Trinajstić information content (AvgIpc) is 3.03. The molecule has 1 aliphatic rings. The SMILES string of the molecule is CC(C)OC(=O)[C@H](C)N=[P+]([O-])OC(Oc1ccccc1Cl)[C@@H]1O[C@@H](n2ccc(=O)[nH]c2=O)[C@](C)(F)[C@@H]1O. The number of nitrogens with zero attached hydrogens (tertiary/aromatic N) is 2. The minimum atomic E-state index is -2.99. The predicted octanol–water partition coefficient (Wildman–Crippen LogP) is 1.79. The summed E-state index contributed by atoms with van der Waals surface area (Å²) in [5.41, 5.74) is -4.31. The Bertz CT molecular complexity index is 1270. The van der Waals surface area contributed by atoms with Gasteiger partial charge >= 0.3 is 19.8 Å². The van der Waals surface area contributed by atoms with Gasteiger partial charge in [0.15, 0.2) is 24.0 Å². The van der Waals surface area contributed by atoms with E-state index in [1.807, 2.05) is 4.98 Å². The Labute approximate surface area is 216 Å². The van der Waals surface area contributed by atoms with E-state index < -0.39 is 67.9 Å². The minimum Gasteiger partial charge on any atom is -0.583 e. The maximum Gasteiger partial charge on any atom is 0.346 e. The van der Waals surface area contributed by atoms with Gasteiger partial charge in [-0.05, 0) is 39.8 Å². The molecule has 2 heterocycles. The van der Waals surface area contributed by atoms with Crippen molar-refractivity contribution in [2.24, 2.45) is 4.74 Å². The summed E-state index contributed by atoms with van der Waals surface area (Å²) in [6.07, 6.45) is -6.57. The van der Waals surface area contributed by atoms with E-state index in [-0.39, 0.29) is 10.8 Å². The predicted molar refractivity (Wildman–Crippen MR) is 128 cm³/mol. The first kappa shape index (κ1) is 28.9. The molecule has 1 aliphatic heterocycles. The van der Waals surface area contributed by atoms with Gasteiger partial charge in [0.25, 0.3) is 11.8 Å². The van der Waals surface area contributed by atoms with Crippen LogP contribution in [0.4, 0.5) is 4.39 Å². The number of rotatable bonds is 9. The number of nitrogens with one attached hydrogen (secondary N) is 1. The summed E-state index contributed by atoms with van der Waals surface area (Å²) in [5, 5.41) is 10.9. The largest absolute Gasteiger partial charge is 0.583 e. The van der Waals surface area contributed by atoms with Gasteiger partial charge in [0.2, 0.25) is 0 Å². The van der Waals surface area contributed by atoms with Gasteiger partial charge in [-0.25, -0.2) is 14.0 Å². The van der Waals surface area contributed by atoms with Gasteiger partial charge in [0.1, 0.15) is 11.9 Å². The lowest BCUT2D eigenvalue weighted by atomic mass is 9.98. The molecule has 0 amide bonds. The zero-order valence-electron chi connectivity index (χ0n) is 20.2. The second-order valence-electron chi connectivity index (χ2n) is 8.60. The van der Waals surface area contributed by atoms with Crippen molar-refractivity contribution in [1.82, 2.24) is 9.55 Å². The number of alkyl halides is 1. The number of hydrogen-bond acceptors (Lipinski definition) is 10. The highest BCUT2D eigenvalue weighted by Gasteiger charge is 2.59. The maximum absolute atomic E-state index is 15.7. The molecule has 0 saturated carbocycles. The van der Waals surface area contributed by atoms with Crippen molar-refractivity contribution in [2.75, 3.05) is 0 Å². The van der Waals surface area contributed by atoms with Crippen LogP contribution in [-0.2, 0) is 18.8 Å². The molecule has 0 bridgehead atoms. The molecule has 37 heavy (non-hydrogen) atoms. The third-order valence-corrected chi connectivity index (χ3v) is 6.50. The first-order valence-electron chi connectivity index (χ1n) is 11.1. The molecule has 7 atom stereocenters. The fraction of sp³-hybridized carbons (Fsp3) is 0.500. The molecule has 0 spiro atoms. The first-order valence-corrected chi connectivity index (χ1v) is 12.6. The highest BCUT2D eigenvalue weighted by atomic mass is 35.5. The van der Waals surface area contributed by atoms with Crippen LogP contribution in [0.5, 0.6) is 5.75 Å². The van der Waals surface area contributed by atoms with Crippen LogP contribution in [0.25, 0.3) is 0 Å². The lowest BCUT2D eigenvalue weighted by Gasteiger charge is -2.25. The molecule has 1 aromatic heterocycles. The molecule has 15 heteroatoms. The van der Waals surface area contributed by atoms with Gasteiger partial charge in [-0.2, -0.15) is 0 Å². The van der Waals surface area contributed by atoms with Gasteiger partial charge in [0.05, 0.1) is 11.1 Å². The van der Waals surface area contributed by atoms with E-state index >= 15 is 4.39 Å². The van der Waals surface area contributed by atoms with E-state index in [1.165, 1.54) is 19.1 Å². The van der Waals surface area contributed by atoms with Crippen molar-refractivity contribution in [1.29, 1.82) is 0 Å². The number of aromatic amines is 1. The summed E-state index contributed by atoms with van der Waals surface area (Å²) in [4.78, 5) is 50.4. The number of para-hydroxylation sites is 1. The van der Waals surface area contributed by atoms with Crippen molar-refractivity contribution in [3.8, 4) is 5.75 Å². The zero-order chi connectivity index (χ0) is 27.5. The Balaban J connectivity index is 1.94. The topological polar surface area (TPSA) is 164 Å². The fourth-order valence-corrected chi connectivity index (χ4v) is 4.39. The number of esters is 1. The number of carbonyl (C=O) groups is 1. The second kappa shape index (κ2) is 11.8. The van der Waals surface area contributed by atoms with Crippen molar-refractivity contribution < 1.29 is 37.9 Å². The molecule has 0 radical (unpaired) electrons. The van der Waals surface area contributed by atoms with Crippen molar-refractivity contribution >= 4 is 25.7 Å². The molecule has 0 aliphatic carbocycles. The number of hydrogen-bond donors (Lipinski definition) is 2. The van der Waals surface area contributed by atoms with Crippen LogP contribution in [0.2, 0.25) is 5.02 Å². The molecule has 1 saturated heterocycles. The molecule has 2 aromatic rings. The monoisotopic (exact) mass is 561 g/mol. The number of benzene rings is 1. The van der Waals surface area contributed by atoms with Crippen LogP contribution in [0.15, 0.2) is 50.9 Å². The lowest BCUT2D eigenvalue weighted by molar-refractivity contribution is -0.206. The van der Waals surface area contributed by atoms with Crippen LogP contribution in [0, 0.1) is 0 Å². The normalized spacial score (nSPS) is 25.6. The van der Waals surface area contributed by atoms with E-state index in [0.29, 0.717) is 0 Å². The molecule has 3 rings (SSSR count). The number of aromatic nitrogens is 2. The third kappa shape index (κ3) is 6.81. The third-order valence-electron chi connectivity index (χ3n) is 5.26. The highest BCUT2D eigenvalue weighted by Crippen LogP contribution is 2.44. The number of halogens is 2. The van der Waals surface area contributed by atoms with Crippen molar-refractivity contribution in [3.63, 3.8) is 0 Å². The van der Waals surface area contributed by atoms with E-state index in [1.54, 1.807) is 26.0 Å². The van der Waals surface area contributed by atoms with E-state index in [4.69, 9.17) is 30.3 Å². The molecule has 2 unspecified atom stereocenters. The fourth-order valence-electron chi connectivity index (χ4n) is 3.44. The van der Waals surface area contributed by atoms with Crippen molar-refractivity contribution in [3.05, 3.63) is 62.4 Å². The van der Waals surface area contributed by atoms with Crippen LogP contribution >= 0.6 is 19.8 Å². The standard InChI is InChI=1S/C22H26ClFN3O9P/c1-11(2)33-18(30)12(3)26-37(32)36-19(34-14-8-6-5-7-13(14)23)16-17(29)22(4,24)20(35-16)27-10-9-15(28)25-21(27)31/h5-12,16-17,19-20,29H,1-4H3,(H,25,28,31)/t12-,16+,17+,19?,20+,22+/m0/s1. The van der Waals surface area contributed by atoms with E-state index in [2.05, 4.69) is 4.74 Å². The maximum atomic E-state index is 15.7. The molecule has 2 N–H and O–H groups in total. The molecule has 12 nitrogen and oxygen atoms in total. The Morgan fingerprint density at radius 3 is 2.62 bits per heavy atom. The smallest absolute Gasteiger partial charge is 0.346 e.